The lowest BCUT2D eigenvalue weighted by Crippen LogP contribution is -2.55. The maximum atomic E-state index is 5.37. The molecule has 3 heteroatoms. The lowest BCUT2D eigenvalue weighted by atomic mass is 10.3. The van der Waals surface area contributed by atoms with Crippen molar-refractivity contribution in [2.45, 2.75) is 13.8 Å². The van der Waals surface area contributed by atoms with Crippen molar-refractivity contribution in [3.8, 4) is 5.75 Å². The van der Waals surface area contributed by atoms with Crippen LogP contribution in [-0.2, 0) is 0 Å². The summed E-state index contributed by atoms with van der Waals surface area (Å²) in [6, 6.07) is 9.74. The highest BCUT2D eigenvalue weighted by Crippen LogP contribution is 2.10. The molecule has 1 aromatic rings. The Labute approximate surface area is 79.2 Å². The first-order valence-electron chi connectivity index (χ1n) is 4.69. The van der Waals surface area contributed by atoms with Crippen LogP contribution < -0.4 is 10.3 Å². The van der Waals surface area contributed by atoms with E-state index in [-0.39, 0.29) is 0 Å². The van der Waals surface area contributed by atoms with Crippen LogP contribution in [0, 0.1) is 0 Å². The van der Waals surface area contributed by atoms with Gasteiger partial charge in [-0.1, -0.05) is 37.2 Å². The Morgan fingerprint density at radius 1 is 1.23 bits per heavy atom. The van der Waals surface area contributed by atoms with E-state index in [0.29, 0.717) is 0 Å². The van der Waals surface area contributed by atoms with Crippen LogP contribution in [0.1, 0.15) is 13.8 Å². The zero-order chi connectivity index (χ0) is 9.52. The summed E-state index contributed by atoms with van der Waals surface area (Å²) in [5, 5.41) is 1.72. The molecular weight excluding hydrogens is 164 g/mol. The number of benzene rings is 1. The van der Waals surface area contributed by atoms with Gasteiger partial charge in [0.2, 0.25) is 0 Å². The number of para-hydroxylation sites is 1. The SMILES string of the molecule is CC.c1ccc(ON2CCN2)cc1. The highest BCUT2D eigenvalue weighted by atomic mass is 16.7. The molecule has 3 nitrogen and oxygen atoms in total. The Morgan fingerprint density at radius 2 is 1.85 bits per heavy atom. The molecule has 1 fully saturated rings. The minimum absolute atomic E-state index is 0.875. The first-order valence-corrected chi connectivity index (χ1v) is 4.69. The molecule has 1 N–H and O–H groups in total. The molecule has 0 saturated carbocycles. The first kappa shape index (κ1) is 10.0. The van der Waals surface area contributed by atoms with E-state index < -0.39 is 0 Å². The minimum atomic E-state index is 0.875. The molecule has 0 spiro atoms. The van der Waals surface area contributed by atoms with Crippen LogP contribution in [0.2, 0.25) is 0 Å². The molecular formula is C10H16N2O. The Bertz CT molecular complexity index is 222. The summed E-state index contributed by atoms with van der Waals surface area (Å²) in [7, 11) is 0. The molecule has 0 aromatic heterocycles. The van der Waals surface area contributed by atoms with E-state index in [4.69, 9.17) is 4.84 Å². The van der Waals surface area contributed by atoms with Gasteiger partial charge in [0.15, 0.2) is 0 Å². The summed E-state index contributed by atoms with van der Waals surface area (Å²) in [6.07, 6.45) is 0. The Kier molecular flexibility index (Phi) is 4.29. The summed E-state index contributed by atoms with van der Waals surface area (Å²) < 4.78 is 0. The van der Waals surface area contributed by atoms with Gasteiger partial charge in [0.25, 0.3) is 0 Å². The Balaban J connectivity index is 0.000000396. The smallest absolute Gasteiger partial charge is 0.149 e. The van der Waals surface area contributed by atoms with E-state index in [1.165, 1.54) is 0 Å². The molecule has 1 aliphatic heterocycles. The molecule has 72 valence electrons. The van der Waals surface area contributed by atoms with E-state index in [2.05, 4.69) is 5.43 Å². The van der Waals surface area contributed by atoms with Gasteiger partial charge in [-0.2, -0.15) is 0 Å². The Hall–Kier alpha value is -1.06. The molecule has 0 unspecified atom stereocenters. The third-order valence-corrected chi connectivity index (χ3v) is 1.56. The van der Waals surface area contributed by atoms with Crippen molar-refractivity contribution in [1.82, 2.24) is 10.6 Å². The van der Waals surface area contributed by atoms with Crippen LogP contribution in [0.3, 0.4) is 0 Å². The summed E-state index contributed by atoms with van der Waals surface area (Å²) in [4.78, 5) is 5.37. The van der Waals surface area contributed by atoms with Gasteiger partial charge >= 0.3 is 0 Å². The normalized spacial score (nSPS) is 15.2. The van der Waals surface area contributed by atoms with Gasteiger partial charge in [0.1, 0.15) is 5.75 Å². The number of nitrogens with one attached hydrogen (secondary N) is 1. The molecule has 2 rings (SSSR count). The summed E-state index contributed by atoms with van der Waals surface area (Å²) >= 11 is 0. The molecule has 0 radical (unpaired) electrons. The fourth-order valence-corrected chi connectivity index (χ4v) is 0.890. The Morgan fingerprint density at radius 3 is 2.31 bits per heavy atom. The number of hydrogen-bond acceptors (Lipinski definition) is 3. The second-order valence-corrected chi connectivity index (χ2v) is 2.41. The molecule has 1 aliphatic rings. The van der Waals surface area contributed by atoms with Gasteiger partial charge in [-0.05, 0) is 12.1 Å². The number of hydrazine groups is 1. The van der Waals surface area contributed by atoms with Crippen LogP contribution in [0.25, 0.3) is 0 Å². The van der Waals surface area contributed by atoms with Gasteiger partial charge in [0, 0.05) is 6.54 Å². The molecule has 0 amide bonds. The highest BCUT2D eigenvalue weighted by molar-refractivity contribution is 5.20. The minimum Gasteiger partial charge on any atom is -0.391 e. The predicted octanol–water partition coefficient (Wildman–Crippen LogP) is 1.83. The summed E-state index contributed by atoms with van der Waals surface area (Å²) in [6.45, 7) is 5.96. The number of rotatable bonds is 2. The van der Waals surface area contributed by atoms with Crippen molar-refractivity contribution in [3.05, 3.63) is 30.3 Å². The van der Waals surface area contributed by atoms with Crippen LogP contribution >= 0.6 is 0 Å². The second kappa shape index (κ2) is 5.56. The van der Waals surface area contributed by atoms with Crippen LogP contribution in [0.15, 0.2) is 30.3 Å². The fraction of sp³-hybridized carbons (Fsp3) is 0.400. The van der Waals surface area contributed by atoms with Crippen LogP contribution in [0.5, 0.6) is 5.75 Å². The molecule has 13 heavy (non-hydrogen) atoms. The third-order valence-electron chi connectivity index (χ3n) is 1.56. The monoisotopic (exact) mass is 180 g/mol. The van der Waals surface area contributed by atoms with Gasteiger partial charge < -0.3 is 4.84 Å². The van der Waals surface area contributed by atoms with Crippen molar-refractivity contribution >= 4 is 0 Å². The quantitative estimate of drug-likeness (QED) is 0.751. The molecule has 0 aliphatic carbocycles. The van der Waals surface area contributed by atoms with Gasteiger partial charge in [-0.3, -0.25) is 0 Å². The molecule has 1 aromatic carbocycles. The van der Waals surface area contributed by atoms with E-state index in [0.717, 1.165) is 18.8 Å². The van der Waals surface area contributed by atoms with Crippen LogP contribution in [-0.4, -0.2) is 18.3 Å². The molecule has 0 bridgehead atoms. The molecule has 1 saturated heterocycles. The van der Waals surface area contributed by atoms with E-state index in [9.17, 15) is 0 Å². The van der Waals surface area contributed by atoms with E-state index in [1.54, 1.807) is 5.17 Å². The number of nitrogens with zero attached hydrogens (tertiary/aromatic N) is 1. The predicted molar refractivity (Wildman–Crippen MR) is 53.1 cm³/mol. The van der Waals surface area contributed by atoms with Gasteiger partial charge in [-0.15, -0.1) is 0 Å². The van der Waals surface area contributed by atoms with Crippen LogP contribution in [0.4, 0.5) is 0 Å². The van der Waals surface area contributed by atoms with Crippen molar-refractivity contribution in [1.29, 1.82) is 0 Å². The maximum Gasteiger partial charge on any atom is 0.149 e. The average Bonchev–Trinajstić information content (AvgIpc) is 2.17. The third kappa shape index (κ3) is 3.05. The van der Waals surface area contributed by atoms with Crippen molar-refractivity contribution in [2.24, 2.45) is 0 Å². The topological polar surface area (TPSA) is 24.5 Å². The van der Waals surface area contributed by atoms with Crippen molar-refractivity contribution < 1.29 is 4.84 Å². The zero-order valence-electron chi connectivity index (χ0n) is 8.16. The fourth-order valence-electron chi connectivity index (χ4n) is 0.890. The van der Waals surface area contributed by atoms with E-state index >= 15 is 0 Å². The van der Waals surface area contributed by atoms with E-state index in [1.807, 2.05) is 44.2 Å². The molecule has 1 heterocycles. The standard InChI is InChI=1S/C8H10N2O.C2H6/c1-2-4-8(5-3-1)11-10-7-6-9-10;1-2/h1-5,9H,6-7H2;1-2H3. The average molecular weight is 180 g/mol. The molecule has 0 atom stereocenters. The van der Waals surface area contributed by atoms with Crippen molar-refractivity contribution in [2.75, 3.05) is 13.1 Å². The number of hydrogen-bond donors (Lipinski definition) is 1. The second-order valence-electron chi connectivity index (χ2n) is 2.41. The highest BCUT2D eigenvalue weighted by Gasteiger charge is 2.13. The van der Waals surface area contributed by atoms with Gasteiger partial charge in [-0.25, -0.2) is 5.43 Å². The number of hydroxylamine groups is 1. The largest absolute Gasteiger partial charge is 0.391 e. The maximum absolute atomic E-state index is 5.37. The first-order chi connectivity index (χ1) is 6.45. The lowest BCUT2D eigenvalue weighted by Gasteiger charge is -2.30. The lowest BCUT2D eigenvalue weighted by molar-refractivity contribution is -0.155. The van der Waals surface area contributed by atoms with Gasteiger partial charge in [0.05, 0.1) is 6.54 Å². The zero-order valence-corrected chi connectivity index (χ0v) is 8.16. The summed E-state index contributed by atoms with van der Waals surface area (Å²) in [5.41, 5.74) is 3.01. The van der Waals surface area contributed by atoms with Crippen molar-refractivity contribution in [3.63, 3.8) is 0 Å². The summed E-state index contributed by atoms with van der Waals surface area (Å²) in [5.74, 6) is 0.875.